The summed E-state index contributed by atoms with van der Waals surface area (Å²) in [5, 5.41) is 4.73. The molecular weight excluding hydrogens is 471 g/mol. The number of ether oxygens (including phenoxy) is 1. The summed E-state index contributed by atoms with van der Waals surface area (Å²) in [5.74, 6) is -0.911. The molecule has 1 aromatic heterocycles. The minimum atomic E-state index is -0.757. The van der Waals surface area contributed by atoms with Gasteiger partial charge in [0.05, 0.1) is 23.1 Å². The third kappa shape index (κ3) is 5.23. The Morgan fingerprint density at radius 2 is 1.94 bits per heavy atom. The number of hydrogen-bond acceptors (Lipinski definition) is 6. The second-order valence-corrected chi connectivity index (χ2v) is 9.58. The molecule has 2 atom stereocenters. The average Bonchev–Trinajstić information content (AvgIpc) is 3.37. The van der Waals surface area contributed by atoms with Gasteiger partial charge in [0.2, 0.25) is 0 Å². The van der Waals surface area contributed by atoms with Crippen molar-refractivity contribution in [2.24, 2.45) is 0 Å². The molecule has 2 aliphatic rings. The number of nitrogens with one attached hydrogen (secondary N) is 1. The van der Waals surface area contributed by atoms with Crippen molar-refractivity contribution in [2.45, 2.75) is 25.9 Å². The van der Waals surface area contributed by atoms with Crippen molar-refractivity contribution in [1.29, 1.82) is 0 Å². The summed E-state index contributed by atoms with van der Waals surface area (Å²) in [6, 6.07) is 8.24. The van der Waals surface area contributed by atoms with E-state index in [0.29, 0.717) is 47.9 Å². The normalized spacial score (nSPS) is 21.2. The highest BCUT2D eigenvalue weighted by molar-refractivity contribution is 7.12. The molecule has 4 rings (SSSR count). The van der Waals surface area contributed by atoms with Crippen LogP contribution in [-0.4, -0.2) is 78.5 Å². The first-order valence-corrected chi connectivity index (χ1v) is 12.4. The Hall–Kier alpha value is -3.24. The van der Waals surface area contributed by atoms with Crippen LogP contribution in [0.4, 0.5) is 9.18 Å². The van der Waals surface area contributed by atoms with Crippen LogP contribution in [0.2, 0.25) is 0 Å². The van der Waals surface area contributed by atoms with Crippen molar-refractivity contribution in [3.63, 3.8) is 0 Å². The molecule has 0 spiro atoms. The van der Waals surface area contributed by atoms with Crippen molar-refractivity contribution in [3.05, 3.63) is 69.3 Å². The average molecular weight is 501 g/mol. The lowest BCUT2D eigenvalue weighted by Crippen LogP contribution is -2.56. The van der Waals surface area contributed by atoms with Gasteiger partial charge in [0.1, 0.15) is 5.82 Å². The van der Waals surface area contributed by atoms with Gasteiger partial charge >= 0.3 is 12.0 Å². The Labute approximate surface area is 207 Å². The van der Waals surface area contributed by atoms with Gasteiger partial charge in [0, 0.05) is 45.0 Å². The molecule has 35 heavy (non-hydrogen) atoms. The van der Waals surface area contributed by atoms with E-state index in [-0.39, 0.29) is 24.6 Å². The number of thiophene rings is 1. The number of likely N-dealkylation sites (N-methyl/N-ethyl adjacent to an activating group) is 1. The monoisotopic (exact) mass is 500 g/mol. The van der Waals surface area contributed by atoms with Gasteiger partial charge in [-0.25, -0.2) is 14.0 Å². The van der Waals surface area contributed by atoms with Gasteiger partial charge in [0.15, 0.2) is 0 Å². The van der Waals surface area contributed by atoms with Crippen LogP contribution in [0.3, 0.4) is 0 Å². The van der Waals surface area contributed by atoms with E-state index in [9.17, 15) is 18.8 Å². The van der Waals surface area contributed by atoms with Gasteiger partial charge in [-0.05, 0) is 43.0 Å². The van der Waals surface area contributed by atoms with Crippen LogP contribution in [0, 0.1) is 5.82 Å². The standard InChI is InChI=1S/C25H29FN4O4S/c1-4-34-24(32)21-19(28(3)25(33)27-22(21)17-7-9-18(26)10-8-17)15-29-11-12-30(16(2)14-29)23(31)20-6-5-13-35-20/h5-10,13,16,22H,4,11-12,14-15H2,1-3H3,(H,27,33)/t16-,22+/m0/s1. The number of nitrogens with zero attached hydrogens (tertiary/aromatic N) is 3. The number of hydrogen-bond donors (Lipinski definition) is 1. The van der Waals surface area contributed by atoms with Crippen molar-refractivity contribution >= 4 is 29.2 Å². The van der Waals surface area contributed by atoms with Crippen molar-refractivity contribution in [2.75, 3.05) is 39.8 Å². The molecule has 186 valence electrons. The van der Waals surface area contributed by atoms with E-state index < -0.39 is 17.8 Å². The maximum atomic E-state index is 13.5. The van der Waals surface area contributed by atoms with Gasteiger partial charge in [-0.15, -0.1) is 11.3 Å². The molecular formula is C25H29FN4O4S. The van der Waals surface area contributed by atoms with E-state index in [1.54, 1.807) is 26.1 Å². The van der Waals surface area contributed by atoms with Crippen molar-refractivity contribution < 1.29 is 23.5 Å². The first-order valence-electron chi connectivity index (χ1n) is 11.6. The number of piperazine rings is 1. The van der Waals surface area contributed by atoms with E-state index in [1.165, 1.54) is 28.4 Å². The summed E-state index contributed by atoms with van der Waals surface area (Å²) in [4.78, 5) is 44.9. The van der Waals surface area contributed by atoms with E-state index in [2.05, 4.69) is 10.2 Å². The smallest absolute Gasteiger partial charge is 0.338 e. The predicted molar refractivity (Wildman–Crippen MR) is 130 cm³/mol. The largest absolute Gasteiger partial charge is 0.463 e. The van der Waals surface area contributed by atoms with Crippen LogP contribution in [0.5, 0.6) is 0 Å². The lowest BCUT2D eigenvalue weighted by molar-refractivity contribution is -0.139. The quantitative estimate of drug-likeness (QED) is 0.616. The third-order valence-corrected chi connectivity index (χ3v) is 7.21. The molecule has 1 N–H and O–H groups in total. The maximum absolute atomic E-state index is 13.5. The summed E-state index contributed by atoms with van der Waals surface area (Å²) in [6.45, 7) is 5.96. The van der Waals surface area contributed by atoms with E-state index >= 15 is 0 Å². The number of carbonyl (C=O) groups is 3. The molecule has 2 aromatic rings. The second kappa shape index (κ2) is 10.6. The summed E-state index contributed by atoms with van der Waals surface area (Å²) in [6.07, 6.45) is 0. The van der Waals surface area contributed by atoms with Crippen LogP contribution in [-0.2, 0) is 9.53 Å². The topological polar surface area (TPSA) is 82.2 Å². The number of urea groups is 1. The SMILES string of the molecule is CCOC(=O)C1=C(CN2CCN(C(=O)c3cccs3)[C@@H](C)C2)N(C)C(=O)N[C@@H]1c1ccc(F)cc1. The van der Waals surface area contributed by atoms with Gasteiger partial charge in [-0.3, -0.25) is 14.6 Å². The van der Waals surface area contributed by atoms with Crippen molar-refractivity contribution in [1.82, 2.24) is 20.0 Å². The van der Waals surface area contributed by atoms with E-state index in [0.717, 1.165) is 0 Å². The molecule has 1 aromatic carbocycles. The first-order chi connectivity index (χ1) is 16.8. The first kappa shape index (κ1) is 24.9. The Morgan fingerprint density at radius 1 is 1.20 bits per heavy atom. The summed E-state index contributed by atoms with van der Waals surface area (Å²) >= 11 is 1.43. The lowest BCUT2D eigenvalue weighted by atomic mass is 9.94. The van der Waals surface area contributed by atoms with Crippen LogP contribution in [0.25, 0.3) is 0 Å². The van der Waals surface area contributed by atoms with Gasteiger partial charge in [-0.2, -0.15) is 0 Å². The fourth-order valence-electron chi connectivity index (χ4n) is 4.54. The third-order valence-electron chi connectivity index (χ3n) is 6.35. The molecule has 0 radical (unpaired) electrons. The molecule has 0 bridgehead atoms. The van der Waals surface area contributed by atoms with E-state index in [1.807, 2.05) is 29.3 Å². The zero-order valence-corrected chi connectivity index (χ0v) is 20.8. The van der Waals surface area contributed by atoms with Crippen LogP contribution in [0.1, 0.15) is 35.1 Å². The van der Waals surface area contributed by atoms with Crippen LogP contribution >= 0.6 is 11.3 Å². The molecule has 10 heteroatoms. The molecule has 3 heterocycles. The molecule has 1 fully saturated rings. The minimum absolute atomic E-state index is 0.0177. The number of amides is 3. The van der Waals surface area contributed by atoms with Crippen LogP contribution in [0.15, 0.2) is 53.0 Å². The predicted octanol–water partition coefficient (Wildman–Crippen LogP) is 3.25. The molecule has 0 saturated carbocycles. The number of rotatable bonds is 6. The zero-order valence-electron chi connectivity index (χ0n) is 20.0. The van der Waals surface area contributed by atoms with Crippen molar-refractivity contribution in [3.8, 4) is 0 Å². The second-order valence-electron chi connectivity index (χ2n) is 8.63. The van der Waals surface area contributed by atoms with Gasteiger partial charge in [-0.1, -0.05) is 18.2 Å². The van der Waals surface area contributed by atoms with Crippen LogP contribution < -0.4 is 5.32 Å². The van der Waals surface area contributed by atoms with Gasteiger partial charge in [0.25, 0.3) is 5.91 Å². The highest BCUT2D eigenvalue weighted by Crippen LogP contribution is 2.32. The summed E-state index contributed by atoms with van der Waals surface area (Å²) in [5.41, 5.74) is 1.45. The Morgan fingerprint density at radius 3 is 2.57 bits per heavy atom. The Kier molecular flexibility index (Phi) is 7.51. The minimum Gasteiger partial charge on any atom is -0.463 e. The van der Waals surface area contributed by atoms with Gasteiger partial charge < -0.3 is 15.0 Å². The number of benzene rings is 1. The maximum Gasteiger partial charge on any atom is 0.338 e. The Bertz CT molecular complexity index is 1120. The lowest BCUT2D eigenvalue weighted by Gasteiger charge is -2.42. The number of esters is 1. The molecule has 0 aliphatic carbocycles. The molecule has 1 saturated heterocycles. The fraction of sp³-hybridized carbons (Fsp3) is 0.400. The Balaban J connectivity index is 1.61. The summed E-state index contributed by atoms with van der Waals surface area (Å²) in [7, 11) is 1.62. The number of carbonyl (C=O) groups excluding carboxylic acids is 3. The highest BCUT2D eigenvalue weighted by Gasteiger charge is 2.38. The molecule has 2 aliphatic heterocycles. The molecule has 3 amide bonds. The fourth-order valence-corrected chi connectivity index (χ4v) is 5.21. The molecule has 0 unspecified atom stereocenters. The molecule has 8 nitrogen and oxygen atoms in total. The van der Waals surface area contributed by atoms with E-state index in [4.69, 9.17) is 4.74 Å². The summed E-state index contributed by atoms with van der Waals surface area (Å²) < 4.78 is 18.9. The number of halogens is 1. The zero-order chi connectivity index (χ0) is 25.1. The highest BCUT2D eigenvalue weighted by atomic mass is 32.1.